The molecule has 112 valence electrons. The first-order valence-corrected chi connectivity index (χ1v) is 8.96. The van der Waals surface area contributed by atoms with Crippen molar-refractivity contribution in [1.82, 2.24) is 5.32 Å². The lowest BCUT2D eigenvalue weighted by Gasteiger charge is -2.19. The van der Waals surface area contributed by atoms with Gasteiger partial charge in [-0.1, -0.05) is 68.6 Å². The van der Waals surface area contributed by atoms with Crippen LogP contribution in [-0.4, -0.2) is 13.1 Å². The molecule has 0 heterocycles. The molecule has 1 nitrogen and oxygen atoms in total. The second kappa shape index (κ2) is 8.33. The van der Waals surface area contributed by atoms with Crippen molar-refractivity contribution in [3.05, 3.63) is 67.6 Å². The quantitative estimate of drug-likeness (QED) is 0.609. The van der Waals surface area contributed by atoms with Gasteiger partial charge in [0.25, 0.3) is 0 Å². The molecule has 2 aromatic rings. The first-order chi connectivity index (χ1) is 10.1. The molecule has 0 spiro atoms. The summed E-state index contributed by atoms with van der Waals surface area (Å²) in [4.78, 5) is 0. The van der Waals surface area contributed by atoms with Crippen LogP contribution in [0.4, 0.5) is 0 Å². The van der Waals surface area contributed by atoms with Gasteiger partial charge in [-0.2, -0.15) is 0 Å². The molecule has 0 bridgehead atoms. The van der Waals surface area contributed by atoms with Crippen LogP contribution in [0.2, 0.25) is 5.02 Å². The van der Waals surface area contributed by atoms with Gasteiger partial charge in [0.1, 0.15) is 0 Å². The van der Waals surface area contributed by atoms with Gasteiger partial charge in [0.15, 0.2) is 0 Å². The summed E-state index contributed by atoms with van der Waals surface area (Å²) in [7, 11) is 0. The topological polar surface area (TPSA) is 12.0 Å². The molecule has 0 saturated heterocycles. The highest BCUT2D eigenvalue weighted by Crippen LogP contribution is 2.28. The number of hydrogen-bond acceptors (Lipinski definition) is 1. The van der Waals surface area contributed by atoms with Crippen LogP contribution in [0.3, 0.4) is 0 Å². The summed E-state index contributed by atoms with van der Waals surface area (Å²) in [5, 5.41) is 4.27. The summed E-state index contributed by atoms with van der Waals surface area (Å²) >= 11 is 13.3. The Balaban J connectivity index is 2.21. The van der Waals surface area contributed by atoms with Gasteiger partial charge in [-0.25, -0.2) is 0 Å². The van der Waals surface area contributed by atoms with E-state index < -0.39 is 0 Å². The first kappa shape index (κ1) is 17.0. The Morgan fingerprint density at radius 1 is 1.05 bits per heavy atom. The molecule has 2 rings (SSSR count). The third-order valence-corrected chi connectivity index (χ3v) is 4.84. The van der Waals surface area contributed by atoms with E-state index in [4.69, 9.17) is 11.6 Å². The molecule has 0 saturated carbocycles. The molecule has 1 unspecified atom stereocenters. The summed E-state index contributed by atoms with van der Waals surface area (Å²) in [5.41, 5.74) is 2.52. The maximum atomic E-state index is 6.36. The maximum absolute atomic E-state index is 6.36. The highest BCUT2D eigenvalue weighted by Gasteiger charge is 2.14. The fraction of sp³-hybridized carbons (Fsp3) is 0.294. The average Bonchev–Trinajstić information content (AvgIpc) is 2.46. The predicted molar refractivity (Wildman–Crippen MR) is 98.3 cm³/mol. The third-order valence-electron chi connectivity index (χ3n) is 3.46. The van der Waals surface area contributed by atoms with Crippen molar-refractivity contribution in [1.29, 1.82) is 0 Å². The molecule has 2 aromatic carbocycles. The SMILES string of the molecule is CCNCC(Cc1ccc(Br)cc1Cl)c1ccc(Br)cc1. The molecular formula is C17H18Br2ClN. The minimum Gasteiger partial charge on any atom is -0.316 e. The highest BCUT2D eigenvalue weighted by molar-refractivity contribution is 9.10. The summed E-state index contributed by atoms with van der Waals surface area (Å²) < 4.78 is 2.12. The molecule has 4 heteroatoms. The van der Waals surface area contributed by atoms with Gasteiger partial charge < -0.3 is 5.32 Å². The standard InChI is InChI=1S/C17H18Br2ClN/c1-2-21-11-14(12-3-6-15(18)7-4-12)9-13-5-8-16(19)10-17(13)20/h3-8,10,14,21H,2,9,11H2,1H3. The van der Waals surface area contributed by atoms with Crippen LogP contribution in [0.25, 0.3) is 0 Å². The molecule has 0 aromatic heterocycles. The van der Waals surface area contributed by atoms with E-state index in [1.165, 1.54) is 11.1 Å². The largest absolute Gasteiger partial charge is 0.316 e. The zero-order valence-corrected chi connectivity index (χ0v) is 15.8. The molecule has 0 radical (unpaired) electrons. The minimum absolute atomic E-state index is 0.414. The van der Waals surface area contributed by atoms with Crippen molar-refractivity contribution in [2.24, 2.45) is 0 Å². The van der Waals surface area contributed by atoms with E-state index in [0.717, 1.165) is 33.5 Å². The van der Waals surface area contributed by atoms with Crippen molar-refractivity contribution in [3.63, 3.8) is 0 Å². The van der Waals surface area contributed by atoms with E-state index in [2.05, 4.69) is 74.4 Å². The van der Waals surface area contributed by atoms with Gasteiger partial charge in [0.2, 0.25) is 0 Å². The number of nitrogens with one attached hydrogen (secondary N) is 1. The van der Waals surface area contributed by atoms with E-state index >= 15 is 0 Å². The average molecular weight is 432 g/mol. The molecule has 0 aliphatic rings. The van der Waals surface area contributed by atoms with Gasteiger partial charge in [0.05, 0.1) is 0 Å². The van der Waals surface area contributed by atoms with Gasteiger partial charge in [-0.05, 0) is 48.4 Å². The molecular weight excluding hydrogens is 413 g/mol. The van der Waals surface area contributed by atoms with Crippen LogP contribution < -0.4 is 5.32 Å². The third kappa shape index (κ3) is 5.10. The van der Waals surface area contributed by atoms with Crippen LogP contribution in [0.1, 0.15) is 24.0 Å². The van der Waals surface area contributed by atoms with Crippen LogP contribution >= 0.6 is 43.5 Å². The predicted octanol–water partition coefficient (Wildman–Crippen LogP) is 5.80. The lowest BCUT2D eigenvalue weighted by Crippen LogP contribution is -2.22. The summed E-state index contributed by atoms with van der Waals surface area (Å²) in [6.07, 6.45) is 0.931. The number of hydrogen-bond donors (Lipinski definition) is 1. The zero-order chi connectivity index (χ0) is 15.2. The van der Waals surface area contributed by atoms with Gasteiger partial charge >= 0.3 is 0 Å². The van der Waals surface area contributed by atoms with Crippen LogP contribution in [0.15, 0.2) is 51.4 Å². The second-order valence-electron chi connectivity index (χ2n) is 5.00. The normalized spacial score (nSPS) is 12.4. The van der Waals surface area contributed by atoms with Gasteiger partial charge in [0, 0.05) is 26.4 Å². The van der Waals surface area contributed by atoms with Crippen molar-refractivity contribution >= 4 is 43.5 Å². The fourth-order valence-corrected chi connectivity index (χ4v) is 3.33. The van der Waals surface area contributed by atoms with E-state index in [9.17, 15) is 0 Å². The molecule has 21 heavy (non-hydrogen) atoms. The Kier molecular flexibility index (Phi) is 6.74. The summed E-state index contributed by atoms with van der Waals surface area (Å²) in [5.74, 6) is 0.414. The fourth-order valence-electron chi connectivity index (χ4n) is 2.31. The van der Waals surface area contributed by atoms with E-state index in [0.29, 0.717) is 5.92 Å². The van der Waals surface area contributed by atoms with E-state index in [1.807, 2.05) is 12.1 Å². The van der Waals surface area contributed by atoms with Crippen molar-refractivity contribution in [2.75, 3.05) is 13.1 Å². The minimum atomic E-state index is 0.414. The van der Waals surface area contributed by atoms with Crippen LogP contribution in [0, 0.1) is 0 Å². The molecule has 0 aliphatic heterocycles. The molecule has 0 fully saturated rings. The molecule has 1 N–H and O–H groups in total. The zero-order valence-electron chi connectivity index (χ0n) is 11.9. The Morgan fingerprint density at radius 3 is 2.33 bits per heavy atom. The van der Waals surface area contributed by atoms with E-state index in [-0.39, 0.29) is 0 Å². The van der Waals surface area contributed by atoms with Crippen LogP contribution in [-0.2, 0) is 6.42 Å². The maximum Gasteiger partial charge on any atom is 0.0449 e. The van der Waals surface area contributed by atoms with E-state index in [1.54, 1.807) is 0 Å². The highest BCUT2D eigenvalue weighted by atomic mass is 79.9. The van der Waals surface area contributed by atoms with Crippen molar-refractivity contribution in [3.8, 4) is 0 Å². The Labute approximate surface area is 148 Å². The van der Waals surface area contributed by atoms with Crippen molar-refractivity contribution in [2.45, 2.75) is 19.3 Å². The number of rotatable bonds is 6. The lowest BCUT2D eigenvalue weighted by atomic mass is 9.92. The second-order valence-corrected chi connectivity index (χ2v) is 7.23. The summed E-state index contributed by atoms with van der Waals surface area (Å²) in [6.45, 7) is 4.05. The Bertz CT molecular complexity index is 584. The molecule has 1 atom stereocenters. The monoisotopic (exact) mass is 429 g/mol. The number of halogens is 3. The smallest absolute Gasteiger partial charge is 0.0449 e. The van der Waals surface area contributed by atoms with Crippen molar-refractivity contribution < 1.29 is 0 Å². The Hall–Kier alpha value is -0.350. The summed E-state index contributed by atoms with van der Waals surface area (Å²) in [6, 6.07) is 14.7. The Morgan fingerprint density at radius 2 is 1.71 bits per heavy atom. The lowest BCUT2D eigenvalue weighted by molar-refractivity contribution is 0.595. The van der Waals surface area contributed by atoms with Gasteiger partial charge in [-0.3, -0.25) is 0 Å². The number of likely N-dealkylation sites (N-methyl/N-ethyl adjacent to an activating group) is 1. The first-order valence-electron chi connectivity index (χ1n) is 7.00. The number of benzene rings is 2. The van der Waals surface area contributed by atoms with Crippen LogP contribution in [0.5, 0.6) is 0 Å². The van der Waals surface area contributed by atoms with Gasteiger partial charge in [-0.15, -0.1) is 0 Å². The molecule has 0 amide bonds. The molecule has 0 aliphatic carbocycles.